The van der Waals surface area contributed by atoms with Crippen LogP contribution in [0.2, 0.25) is 0 Å². The van der Waals surface area contributed by atoms with Crippen molar-refractivity contribution in [2.24, 2.45) is 0 Å². The molecular formula is C8H4ClF4NO3. The van der Waals surface area contributed by atoms with Crippen LogP contribution >= 0.6 is 11.6 Å². The molecule has 0 radical (unpaired) electrons. The van der Waals surface area contributed by atoms with Gasteiger partial charge in [0.25, 0.3) is 0 Å². The van der Waals surface area contributed by atoms with E-state index in [0.717, 1.165) is 0 Å². The molecular weight excluding hydrogens is 270 g/mol. The van der Waals surface area contributed by atoms with E-state index >= 15 is 0 Å². The van der Waals surface area contributed by atoms with E-state index in [4.69, 9.17) is 16.7 Å². The first kappa shape index (κ1) is 13.5. The number of carboxylic acids is 1. The van der Waals surface area contributed by atoms with Gasteiger partial charge in [-0.25, -0.2) is 9.78 Å². The second-order valence-electron chi connectivity index (χ2n) is 2.76. The lowest BCUT2D eigenvalue weighted by Gasteiger charge is -2.12. The molecule has 0 aliphatic heterocycles. The number of nitrogens with zero attached hydrogens (tertiary/aromatic N) is 1. The van der Waals surface area contributed by atoms with Crippen LogP contribution in [0.25, 0.3) is 0 Å². The molecule has 0 saturated carbocycles. The Morgan fingerprint density at radius 2 is 2.12 bits per heavy atom. The smallest absolute Gasteiger partial charge is 0.478 e. The second-order valence-corrected chi connectivity index (χ2v) is 3.03. The monoisotopic (exact) mass is 273 g/mol. The van der Waals surface area contributed by atoms with E-state index in [0.29, 0.717) is 6.07 Å². The SMILES string of the molecule is O=C(O)c1cc(OC(F)(F)F)c(CCl)nc1F. The molecule has 0 aromatic carbocycles. The molecule has 0 amide bonds. The molecule has 0 spiro atoms. The third-order valence-corrected chi connectivity index (χ3v) is 1.85. The fourth-order valence-electron chi connectivity index (χ4n) is 0.967. The van der Waals surface area contributed by atoms with Crippen LogP contribution in [0.4, 0.5) is 17.6 Å². The first-order valence-corrected chi connectivity index (χ1v) is 4.52. The van der Waals surface area contributed by atoms with Crippen molar-refractivity contribution in [3.63, 3.8) is 0 Å². The van der Waals surface area contributed by atoms with E-state index in [9.17, 15) is 22.4 Å². The minimum Gasteiger partial charge on any atom is -0.478 e. The number of aromatic nitrogens is 1. The highest BCUT2D eigenvalue weighted by molar-refractivity contribution is 6.17. The average Bonchev–Trinajstić information content (AvgIpc) is 2.17. The van der Waals surface area contributed by atoms with E-state index in [-0.39, 0.29) is 0 Å². The van der Waals surface area contributed by atoms with Crippen molar-refractivity contribution in [3.8, 4) is 5.75 Å². The standard InChI is InChI=1S/C8H4ClF4NO3/c9-2-4-5(17-8(11,12)13)1-3(7(15)16)6(10)14-4/h1H,2H2,(H,15,16). The fraction of sp³-hybridized carbons (Fsp3) is 0.250. The van der Waals surface area contributed by atoms with Crippen LogP contribution in [0, 0.1) is 5.95 Å². The normalized spacial score (nSPS) is 11.4. The third kappa shape index (κ3) is 3.45. The molecule has 0 bridgehead atoms. The minimum atomic E-state index is -5.05. The molecule has 1 aromatic heterocycles. The van der Waals surface area contributed by atoms with Crippen LogP contribution in [-0.4, -0.2) is 22.4 Å². The number of ether oxygens (including phenoxy) is 1. The molecule has 17 heavy (non-hydrogen) atoms. The Balaban J connectivity index is 3.26. The molecule has 0 fully saturated rings. The summed E-state index contributed by atoms with van der Waals surface area (Å²) >= 11 is 5.24. The Morgan fingerprint density at radius 1 is 1.53 bits per heavy atom. The molecule has 9 heteroatoms. The minimum absolute atomic E-state index is 0.385. The molecule has 1 N–H and O–H groups in total. The van der Waals surface area contributed by atoms with Gasteiger partial charge in [-0.05, 0) is 0 Å². The molecule has 0 aliphatic carbocycles. The molecule has 0 aliphatic rings. The van der Waals surface area contributed by atoms with Gasteiger partial charge >= 0.3 is 12.3 Å². The molecule has 4 nitrogen and oxygen atoms in total. The lowest BCUT2D eigenvalue weighted by molar-refractivity contribution is -0.275. The van der Waals surface area contributed by atoms with Gasteiger partial charge in [0.1, 0.15) is 11.3 Å². The molecule has 94 valence electrons. The summed E-state index contributed by atoms with van der Waals surface area (Å²) in [7, 11) is 0. The highest BCUT2D eigenvalue weighted by atomic mass is 35.5. The Labute approximate surface area is 96.8 Å². The second kappa shape index (κ2) is 4.74. The predicted octanol–water partition coefficient (Wildman–Crippen LogP) is 2.56. The maximum atomic E-state index is 13.0. The molecule has 1 aromatic rings. The molecule has 1 rings (SSSR count). The summed E-state index contributed by atoms with van der Waals surface area (Å²) < 4.78 is 52.4. The Bertz CT molecular complexity index is 449. The van der Waals surface area contributed by atoms with Crippen molar-refractivity contribution >= 4 is 17.6 Å². The maximum Gasteiger partial charge on any atom is 0.573 e. The van der Waals surface area contributed by atoms with Crippen LogP contribution in [-0.2, 0) is 5.88 Å². The topological polar surface area (TPSA) is 59.4 Å². The number of hydrogen-bond donors (Lipinski definition) is 1. The van der Waals surface area contributed by atoms with Crippen molar-refractivity contribution in [2.45, 2.75) is 12.2 Å². The van der Waals surface area contributed by atoms with E-state index in [1.54, 1.807) is 0 Å². The highest BCUT2D eigenvalue weighted by Crippen LogP contribution is 2.28. The summed E-state index contributed by atoms with van der Waals surface area (Å²) in [6, 6.07) is 0.385. The number of hydrogen-bond acceptors (Lipinski definition) is 3. The van der Waals surface area contributed by atoms with Gasteiger partial charge in [-0.1, -0.05) is 0 Å². The summed E-state index contributed by atoms with van der Waals surface area (Å²) in [4.78, 5) is 13.5. The van der Waals surface area contributed by atoms with Crippen LogP contribution < -0.4 is 4.74 Å². The first-order chi connectivity index (χ1) is 7.74. The van der Waals surface area contributed by atoms with Crippen LogP contribution in [0.3, 0.4) is 0 Å². The summed E-state index contributed by atoms with van der Waals surface area (Å²) in [6.07, 6.45) is -5.05. The molecule has 0 saturated heterocycles. The number of alkyl halides is 4. The van der Waals surface area contributed by atoms with Crippen LogP contribution in [0.15, 0.2) is 6.07 Å². The van der Waals surface area contributed by atoms with Gasteiger partial charge in [-0.2, -0.15) is 4.39 Å². The number of carboxylic acid groups (broad SMARTS) is 1. The van der Waals surface area contributed by atoms with Gasteiger partial charge in [0.2, 0.25) is 5.95 Å². The molecule has 1 heterocycles. The third-order valence-electron chi connectivity index (χ3n) is 1.60. The Morgan fingerprint density at radius 3 is 2.53 bits per heavy atom. The van der Waals surface area contributed by atoms with Gasteiger partial charge in [0, 0.05) is 6.07 Å². The van der Waals surface area contributed by atoms with Gasteiger partial charge in [0.15, 0.2) is 5.75 Å². The number of pyridine rings is 1. The number of carbonyl (C=O) groups is 1. The average molecular weight is 274 g/mol. The zero-order valence-electron chi connectivity index (χ0n) is 7.89. The van der Waals surface area contributed by atoms with Gasteiger partial charge in [0.05, 0.1) is 5.88 Å². The van der Waals surface area contributed by atoms with Crippen LogP contribution in [0.1, 0.15) is 16.1 Å². The molecule has 0 atom stereocenters. The van der Waals surface area contributed by atoms with Crippen molar-refractivity contribution in [2.75, 3.05) is 0 Å². The molecule has 0 unspecified atom stereocenters. The zero-order chi connectivity index (χ0) is 13.2. The Hall–Kier alpha value is -1.57. The van der Waals surface area contributed by atoms with Gasteiger partial charge in [-0.3, -0.25) is 0 Å². The van der Waals surface area contributed by atoms with E-state index < -0.39 is 41.2 Å². The van der Waals surface area contributed by atoms with E-state index in [1.165, 1.54) is 0 Å². The number of rotatable bonds is 3. The highest BCUT2D eigenvalue weighted by Gasteiger charge is 2.33. The number of halogens is 5. The lowest BCUT2D eigenvalue weighted by Crippen LogP contribution is -2.19. The predicted molar refractivity (Wildman–Crippen MR) is 47.4 cm³/mol. The first-order valence-electron chi connectivity index (χ1n) is 3.99. The van der Waals surface area contributed by atoms with E-state index in [2.05, 4.69) is 9.72 Å². The van der Waals surface area contributed by atoms with Crippen LogP contribution in [0.5, 0.6) is 5.75 Å². The quantitative estimate of drug-likeness (QED) is 0.522. The fourth-order valence-corrected chi connectivity index (χ4v) is 1.16. The summed E-state index contributed by atoms with van der Waals surface area (Å²) in [5.41, 5.74) is -1.57. The number of aromatic carboxylic acids is 1. The van der Waals surface area contributed by atoms with Crippen molar-refractivity contribution < 1.29 is 32.2 Å². The Kier molecular flexibility index (Phi) is 3.76. The van der Waals surface area contributed by atoms with Crippen molar-refractivity contribution in [1.82, 2.24) is 4.98 Å². The lowest BCUT2D eigenvalue weighted by atomic mass is 10.2. The zero-order valence-corrected chi connectivity index (χ0v) is 8.64. The van der Waals surface area contributed by atoms with Gasteiger partial charge in [-0.15, -0.1) is 24.8 Å². The largest absolute Gasteiger partial charge is 0.573 e. The summed E-state index contributed by atoms with van der Waals surface area (Å²) in [5.74, 6) is -4.68. The summed E-state index contributed by atoms with van der Waals surface area (Å²) in [5, 5.41) is 8.50. The maximum absolute atomic E-state index is 13.0. The van der Waals surface area contributed by atoms with Crippen molar-refractivity contribution in [3.05, 3.63) is 23.3 Å². The van der Waals surface area contributed by atoms with Crippen molar-refractivity contribution in [1.29, 1.82) is 0 Å². The van der Waals surface area contributed by atoms with Gasteiger partial charge < -0.3 is 9.84 Å². The summed E-state index contributed by atoms with van der Waals surface area (Å²) in [6.45, 7) is 0. The van der Waals surface area contributed by atoms with E-state index in [1.807, 2.05) is 0 Å².